The van der Waals surface area contributed by atoms with E-state index in [-0.39, 0.29) is 5.91 Å². The minimum absolute atomic E-state index is 0.205. The lowest BCUT2D eigenvalue weighted by atomic mass is 10.1. The van der Waals surface area contributed by atoms with Crippen LogP contribution in [0, 0.1) is 6.92 Å². The number of hydrogen-bond acceptors (Lipinski definition) is 6. The molecule has 2 heterocycles. The Hall–Kier alpha value is -2.35. The Morgan fingerprint density at radius 3 is 2.63 bits per heavy atom. The van der Waals surface area contributed by atoms with Crippen LogP contribution in [0.4, 0.5) is 5.82 Å². The van der Waals surface area contributed by atoms with Gasteiger partial charge in [0.05, 0.1) is 13.2 Å². The van der Waals surface area contributed by atoms with Crippen molar-refractivity contribution in [1.29, 1.82) is 0 Å². The Labute approximate surface area is 182 Å². The third-order valence-corrected chi connectivity index (χ3v) is 5.13. The number of rotatable bonds is 8. The molecule has 3 rings (SSSR count). The van der Waals surface area contributed by atoms with E-state index in [9.17, 15) is 4.79 Å². The molecule has 1 aromatic heterocycles. The number of hydrogen-bond donors (Lipinski definition) is 1. The molecule has 30 heavy (non-hydrogen) atoms. The molecule has 1 aliphatic heterocycles. The van der Waals surface area contributed by atoms with E-state index in [0.29, 0.717) is 42.8 Å². The molecule has 1 amide bonds. The van der Waals surface area contributed by atoms with Crippen LogP contribution >= 0.6 is 11.6 Å². The van der Waals surface area contributed by atoms with Gasteiger partial charge in [0.1, 0.15) is 18.0 Å². The average Bonchev–Trinajstić information content (AvgIpc) is 2.73. The normalized spacial score (nSPS) is 14.1. The minimum Gasteiger partial charge on any atom is -0.476 e. The van der Waals surface area contributed by atoms with Gasteiger partial charge in [-0.15, -0.1) is 0 Å². The van der Waals surface area contributed by atoms with Crippen molar-refractivity contribution in [3.8, 4) is 5.88 Å². The van der Waals surface area contributed by atoms with E-state index in [1.807, 2.05) is 56.3 Å². The molecule has 1 aliphatic rings. The van der Waals surface area contributed by atoms with Crippen molar-refractivity contribution in [2.45, 2.75) is 13.5 Å². The summed E-state index contributed by atoms with van der Waals surface area (Å²) in [5.41, 5.74) is 2.28. The number of ether oxygens (including phenoxy) is 2. The summed E-state index contributed by atoms with van der Waals surface area (Å²) in [5.74, 6) is 0.972. The first kappa shape index (κ1) is 22.3. The highest BCUT2D eigenvalue weighted by Gasteiger charge is 2.22. The summed E-state index contributed by atoms with van der Waals surface area (Å²) in [5, 5.41) is 3.64. The molecule has 0 bridgehead atoms. The summed E-state index contributed by atoms with van der Waals surface area (Å²) in [6, 6.07) is 9.35. The highest BCUT2D eigenvalue weighted by Crippen LogP contribution is 2.26. The molecular weight excluding hydrogens is 404 g/mol. The Balaban J connectivity index is 1.80. The van der Waals surface area contributed by atoms with Gasteiger partial charge < -0.3 is 24.6 Å². The molecule has 0 aliphatic carbocycles. The number of morpholine rings is 1. The molecule has 0 radical (unpaired) electrons. The summed E-state index contributed by atoms with van der Waals surface area (Å²) in [6.07, 6.45) is 0. The van der Waals surface area contributed by atoms with E-state index in [1.54, 1.807) is 0 Å². The smallest absolute Gasteiger partial charge is 0.257 e. The molecule has 7 nitrogen and oxygen atoms in total. The molecule has 1 aromatic carbocycles. The molecule has 0 spiro atoms. The van der Waals surface area contributed by atoms with E-state index in [2.05, 4.69) is 10.2 Å². The first-order valence-corrected chi connectivity index (χ1v) is 10.5. The van der Waals surface area contributed by atoms with Crippen molar-refractivity contribution < 1.29 is 14.3 Å². The van der Waals surface area contributed by atoms with Crippen molar-refractivity contribution in [2.24, 2.45) is 0 Å². The molecule has 0 atom stereocenters. The monoisotopic (exact) mass is 432 g/mol. The third-order valence-electron chi connectivity index (χ3n) is 4.88. The summed E-state index contributed by atoms with van der Waals surface area (Å²) >= 11 is 5.93. The van der Waals surface area contributed by atoms with Crippen molar-refractivity contribution >= 4 is 23.3 Å². The molecule has 1 saturated heterocycles. The topological polar surface area (TPSA) is 66.9 Å². The first-order chi connectivity index (χ1) is 14.4. The number of nitrogens with zero attached hydrogens (tertiary/aromatic N) is 3. The molecular formula is C22H29ClN4O3. The van der Waals surface area contributed by atoms with Gasteiger partial charge in [-0.1, -0.05) is 23.7 Å². The quantitative estimate of drug-likeness (QED) is 0.691. The van der Waals surface area contributed by atoms with E-state index < -0.39 is 0 Å². The summed E-state index contributed by atoms with van der Waals surface area (Å²) in [7, 11) is 3.96. The Bertz CT molecular complexity index is 852. The van der Waals surface area contributed by atoms with Crippen LogP contribution in [0.5, 0.6) is 5.88 Å². The zero-order valence-corrected chi connectivity index (χ0v) is 18.5. The number of aromatic nitrogens is 1. The standard InChI is InChI=1S/C22H29ClN4O3/c1-16-14-19(27-9-11-29-12-10-27)25-22(30-13-8-26(2)3)20(16)21(28)24-15-17-4-6-18(23)7-5-17/h4-7,14H,8-13,15H2,1-3H3,(H,24,28). The van der Waals surface area contributed by atoms with E-state index in [1.165, 1.54) is 0 Å². The molecule has 162 valence electrons. The maximum absolute atomic E-state index is 13.0. The number of anilines is 1. The minimum atomic E-state index is -0.205. The lowest BCUT2D eigenvalue weighted by Gasteiger charge is -2.29. The Kier molecular flexibility index (Phi) is 7.90. The van der Waals surface area contributed by atoms with Crippen LogP contribution in [0.15, 0.2) is 30.3 Å². The third kappa shape index (κ3) is 6.08. The van der Waals surface area contributed by atoms with Crippen LogP contribution in [-0.4, -0.2) is 69.3 Å². The molecule has 1 fully saturated rings. The highest BCUT2D eigenvalue weighted by atomic mass is 35.5. The maximum atomic E-state index is 13.0. The van der Waals surface area contributed by atoms with Crippen LogP contribution in [0.1, 0.15) is 21.5 Å². The molecule has 8 heteroatoms. The van der Waals surface area contributed by atoms with Gasteiger partial charge in [-0.25, -0.2) is 0 Å². The largest absolute Gasteiger partial charge is 0.476 e. The van der Waals surface area contributed by atoms with Crippen LogP contribution in [-0.2, 0) is 11.3 Å². The van der Waals surface area contributed by atoms with Crippen LogP contribution in [0.2, 0.25) is 5.02 Å². The van der Waals surface area contributed by atoms with Crippen molar-refractivity contribution in [3.63, 3.8) is 0 Å². The summed E-state index contributed by atoms with van der Waals surface area (Å²) < 4.78 is 11.4. The average molecular weight is 433 g/mol. The zero-order valence-electron chi connectivity index (χ0n) is 17.8. The fourth-order valence-corrected chi connectivity index (χ4v) is 3.29. The lowest BCUT2D eigenvalue weighted by molar-refractivity contribution is 0.0944. The number of halogens is 1. The zero-order chi connectivity index (χ0) is 21.5. The fraction of sp³-hybridized carbons (Fsp3) is 0.455. The Morgan fingerprint density at radius 1 is 1.27 bits per heavy atom. The number of carbonyl (C=O) groups is 1. The SMILES string of the molecule is Cc1cc(N2CCOCC2)nc(OCCN(C)C)c1C(=O)NCc1ccc(Cl)cc1. The predicted octanol–water partition coefficient (Wildman–Crippen LogP) is 2.75. The van der Waals surface area contributed by atoms with Gasteiger partial charge >= 0.3 is 0 Å². The molecule has 0 unspecified atom stereocenters. The van der Waals surface area contributed by atoms with E-state index in [4.69, 9.17) is 26.1 Å². The van der Waals surface area contributed by atoms with E-state index >= 15 is 0 Å². The second-order valence-corrected chi connectivity index (χ2v) is 7.97. The second-order valence-electron chi connectivity index (χ2n) is 7.54. The molecule has 1 N–H and O–H groups in total. The fourth-order valence-electron chi connectivity index (χ4n) is 3.16. The number of benzene rings is 1. The van der Waals surface area contributed by atoms with E-state index in [0.717, 1.165) is 36.6 Å². The number of likely N-dealkylation sites (N-methyl/N-ethyl adjacent to an activating group) is 1. The second kappa shape index (κ2) is 10.6. The number of aryl methyl sites for hydroxylation is 1. The van der Waals surface area contributed by atoms with Crippen LogP contribution < -0.4 is 15.0 Å². The number of amides is 1. The Morgan fingerprint density at radius 2 is 1.97 bits per heavy atom. The lowest BCUT2D eigenvalue weighted by Crippen LogP contribution is -2.37. The van der Waals surface area contributed by atoms with Crippen LogP contribution in [0.25, 0.3) is 0 Å². The molecule has 0 saturated carbocycles. The van der Waals surface area contributed by atoms with Gasteiger partial charge in [-0.2, -0.15) is 4.98 Å². The summed E-state index contributed by atoms with van der Waals surface area (Å²) in [6.45, 7) is 6.37. The highest BCUT2D eigenvalue weighted by molar-refractivity contribution is 6.30. The van der Waals surface area contributed by atoms with Gasteiger partial charge in [0.25, 0.3) is 5.91 Å². The summed E-state index contributed by atoms with van der Waals surface area (Å²) in [4.78, 5) is 21.9. The van der Waals surface area contributed by atoms with Crippen molar-refractivity contribution in [2.75, 3.05) is 58.5 Å². The van der Waals surface area contributed by atoms with Gasteiger partial charge in [-0.3, -0.25) is 4.79 Å². The number of carbonyl (C=O) groups excluding carboxylic acids is 1. The predicted molar refractivity (Wildman–Crippen MR) is 119 cm³/mol. The number of nitrogens with one attached hydrogen (secondary N) is 1. The first-order valence-electron chi connectivity index (χ1n) is 10.1. The van der Waals surface area contributed by atoms with Gasteiger partial charge in [0.2, 0.25) is 5.88 Å². The number of pyridine rings is 1. The molecule has 2 aromatic rings. The van der Waals surface area contributed by atoms with Crippen molar-refractivity contribution in [1.82, 2.24) is 15.2 Å². The van der Waals surface area contributed by atoms with Gasteiger partial charge in [-0.05, 0) is 50.3 Å². The van der Waals surface area contributed by atoms with Gasteiger partial charge in [0, 0.05) is 31.2 Å². The van der Waals surface area contributed by atoms with Crippen molar-refractivity contribution in [3.05, 3.63) is 52.0 Å². The maximum Gasteiger partial charge on any atom is 0.257 e. The van der Waals surface area contributed by atoms with Crippen LogP contribution in [0.3, 0.4) is 0 Å². The van der Waals surface area contributed by atoms with Gasteiger partial charge in [0.15, 0.2) is 0 Å².